The standard InChI is InChI=1S/C15H20ClFN2O.ClH/c1-3-15(8-5-9-18-15)14(20)19(2)10-11-12(16)6-4-7-13(11)17;/h4,6-7,18H,3,5,8-10H2,1-2H3;1H. The molecule has 6 heteroatoms. The Hall–Kier alpha value is -0.840. The molecule has 0 saturated carbocycles. The lowest BCUT2D eigenvalue weighted by Crippen LogP contribution is -2.53. The number of amides is 1. The van der Waals surface area contributed by atoms with Crippen LogP contribution in [0.4, 0.5) is 4.39 Å². The summed E-state index contributed by atoms with van der Waals surface area (Å²) in [6.07, 6.45) is 2.56. The van der Waals surface area contributed by atoms with Crippen LogP contribution in [0, 0.1) is 5.82 Å². The molecule has 0 aliphatic carbocycles. The summed E-state index contributed by atoms with van der Waals surface area (Å²) in [6, 6.07) is 4.57. The van der Waals surface area contributed by atoms with Gasteiger partial charge >= 0.3 is 0 Å². The predicted molar refractivity (Wildman–Crippen MR) is 85.4 cm³/mol. The quantitative estimate of drug-likeness (QED) is 0.915. The molecule has 0 aromatic heterocycles. The number of nitrogens with zero attached hydrogens (tertiary/aromatic N) is 1. The van der Waals surface area contributed by atoms with E-state index in [2.05, 4.69) is 5.32 Å². The van der Waals surface area contributed by atoms with Gasteiger partial charge in [-0.1, -0.05) is 24.6 Å². The Morgan fingerprint density at radius 1 is 1.52 bits per heavy atom. The number of hydrogen-bond acceptors (Lipinski definition) is 2. The molecule has 1 aliphatic rings. The topological polar surface area (TPSA) is 32.3 Å². The van der Waals surface area contributed by atoms with Gasteiger partial charge in [0.05, 0.1) is 5.54 Å². The Balaban J connectivity index is 0.00000220. The summed E-state index contributed by atoms with van der Waals surface area (Å²) in [5.74, 6) is -0.362. The van der Waals surface area contributed by atoms with Gasteiger partial charge in [0.25, 0.3) is 0 Å². The van der Waals surface area contributed by atoms with Gasteiger partial charge in [-0.25, -0.2) is 4.39 Å². The van der Waals surface area contributed by atoms with E-state index >= 15 is 0 Å². The Morgan fingerprint density at radius 2 is 2.24 bits per heavy atom. The highest BCUT2D eigenvalue weighted by Gasteiger charge is 2.40. The van der Waals surface area contributed by atoms with Crippen LogP contribution in [0.1, 0.15) is 31.7 Å². The normalized spacial score (nSPS) is 21.0. The molecule has 1 fully saturated rings. The van der Waals surface area contributed by atoms with Gasteiger partial charge in [0.1, 0.15) is 5.82 Å². The maximum absolute atomic E-state index is 13.8. The van der Waals surface area contributed by atoms with Gasteiger partial charge in [-0.15, -0.1) is 12.4 Å². The SMILES string of the molecule is CCC1(C(=O)N(C)Cc2c(F)cccc2Cl)CCCN1.Cl. The van der Waals surface area contributed by atoms with Crippen molar-refractivity contribution in [2.75, 3.05) is 13.6 Å². The fourth-order valence-electron chi connectivity index (χ4n) is 2.80. The summed E-state index contributed by atoms with van der Waals surface area (Å²) >= 11 is 6.01. The van der Waals surface area contributed by atoms with Crippen LogP contribution in [-0.4, -0.2) is 29.9 Å². The highest BCUT2D eigenvalue weighted by molar-refractivity contribution is 6.31. The molecule has 1 aromatic rings. The van der Waals surface area contributed by atoms with Crippen molar-refractivity contribution in [2.24, 2.45) is 0 Å². The van der Waals surface area contributed by atoms with E-state index in [0.29, 0.717) is 10.6 Å². The second-order valence-electron chi connectivity index (χ2n) is 5.33. The molecule has 1 atom stereocenters. The number of carbonyl (C=O) groups excluding carboxylic acids is 1. The molecule has 1 N–H and O–H groups in total. The predicted octanol–water partition coefficient (Wildman–Crippen LogP) is 3.39. The largest absolute Gasteiger partial charge is 0.340 e. The summed E-state index contributed by atoms with van der Waals surface area (Å²) < 4.78 is 13.8. The molecule has 1 aliphatic heterocycles. The van der Waals surface area contributed by atoms with Crippen molar-refractivity contribution in [3.63, 3.8) is 0 Å². The minimum Gasteiger partial charge on any atom is -0.340 e. The summed E-state index contributed by atoms with van der Waals surface area (Å²) in [4.78, 5) is 14.2. The van der Waals surface area contributed by atoms with Crippen molar-refractivity contribution in [3.05, 3.63) is 34.6 Å². The van der Waals surface area contributed by atoms with E-state index < -0.39 is 5.54 Å². The van der Waals surface area contributed by atoms with E-state index in [1.54, 1.807) is 24.1 Å². The minimum atomic E-state index is -0.494. The molecule has 0 spiro atoms. The van der Waals surface area contributed by atoms with Crippen LogP contribution in [0.15, 0.2) is 18.2 Å². The lowest BCUT2D eigenvalue weighted by Gasteiger charge is -2.32. The van der Waals surface area contributed by atoms with E-state index in [1.165, 1.54) is 6.07 Å². The monoisotopic (exact) mass is 334 g/mol. The minimum absolute atomic E-state index is 0. The number of benzene rings is 1. The third kappa shape index (κ3) is 3.68. The van der Waals surface area contributed by atoms with E-state index in [-0.39, 0.29) is 30.7 Å². The second kappa shape index (κ2) is 7.43. The molecule has 1 aromatic carbocycles. The van der Waals surface area contributed by atoms with Crippen molar-refractivity contribution in [1.82, 2.24) is 10.2 Å². The number of carbonyl (C=O) groups is 1. The molecular weight excluding hydrogens is 314 g/mol. The van der Waals surface area contributed by atoms with Crippen molar-refractivity contribution < 1.29 is 9.18 Å². The maximum atomic E-state index is 13.8. The van der Waals surface area contributed by atoms with Crippen molar-refractivity contribution in [3.8, 4) is 0 Å². The highest BCUT2D eigenvalue weighted by Crippen LogP contribution is 2.27. The average molecular weight is 335 g/mol. The van der Waals surface area contributed by atoms with Crippen LogP contribution in [0.25, 0.3) is 0 Å². The fraction of sp³-hybridized carbons (Fsp3) is 0.533. The first kappa shape index (κ1) is 18.2. The fourth-order valence-corrected chi connectivity index (χ4v) is 3.02. The zero-order chi connectivity index (χ0) is 14.8. The molecule has 1 unspecified atom stereocenters. The summed E-state index contributed by atoms with van der Waals surface area (Å²) in [5, 5.41) is 3.65. The first-order chi connectivity index (χ1) is 9.50. The zero-order valence-corrected chi connectivity index (χ0v) is 13.9. The summed E-state index contributed by atoms with van der Waals surface area (Å²) in [5.41, 5.74) is -0.124. The van der Waals surface area contributed by atoms with Crippen LogP contribution in [0.5, 0.6) is 0 Å². The average Bonchev–Trinajstić information content (AvgIpc) is 2.92. The molecule has 0 radical (unpaired) electrons. The lowest BCUT2D eigenvalue weighted by atomic mass is 9.92. The first-order valence-corrected chi connectivity index (χ1v) is 7.31. The number of halogens is 3. The Bertz CT molecular complexity index is 484. The highest BCUT2D eigenvalue weighted by atomic mass is 35.5. The van der Waals surface area contributed by atoms with Gasteiger partial charge in [-0.3, -0.25) is 4.79 Å². The molecule has 21 heavy (non-hydrogen) atoms. The molecule has 2 rings (SSSR count). The van der Waals surface area contributed by atoms with Crippen LogP contribution < -0.4 is 5.32 Å². The number of nitrogens with one attached hydrogen (secondary N) is 1. The van der Waals surface area contributed by atoms with Gasteiger partial charge in [0, 0.05) is 24.2 Å². The third-order valence-electron chi connectivity index (χ3n) is 4.06. The van der Waals surface area contributed by atoms with Crippen molar-refractivity contribution >= 4 is 29.9 Å². The summed E-state index contributed by atoms with van der Waals surface area (Å²) in [6.45, 7) is 3.04. The molecule has 1 heterocycles. The Morgan fingerprint density at radius 3 is 2.76 bits per heavy atom. The Kier molecular flexibility index (Phi) is 6.44. The number of rotatable bonds is 4. The van der Waals surface area contributed by atoms with Crippen molar-refractivity contribution in [1.29, 1.82) is 0 Å². The van der Waals surface area contributed by atoms with Crippen LogP contribution >= 0.6 is 24.0 Å². The van der Waals surface area contributed by atoms with E-state index in [9.17, 15) is 9.18 Å². The van der Waals surface area contributed by atoms with Gasteiger partial charge in [0.2, 0.25) is 5.91 Å². The maximum Gasteiger partial charge on any atom is 0.242 e. The molecule has 0 bridgehead atoms. The van der Waals surface area contributed by atoms with Gasteiger partial charge < -0.3 is 10.2 Å². The Labute approximate surface area is 136 Å². The van der Waals surface area contributed by atoms with E-state index in [1.807, 2.05) is 6.92 Å². The molecule has 3 nitrogen and oxygen atoms in total. The van der Waals surface area contributed by atoms with E-state index in [0.717, 1.165) is 25.8 Å². The van der Waals surface area contributed by atoms with Crippen LogP contribution in [0.3, 0.4) is 0 Å². The van der Waals surface area contributed by atoms with Crippen molar-refractivity contribution in [2.45, 2.75) is 38.3 Å². The molecule has 118 valence electrons. The number of hydrogen-bond donors (Lipinski definition) is 1. The van der Waals surface area contributed by atoms with Crippen LogP contribution in [-0.2, 0) is 11.3 Å². The lowest BCUT2D eigenvalue weighted by molar-refractivity contribution is -0.137. The van der Waals surface area contributed by atoms with Gasteiger partial charge in [-0.05, 0) is 37.9 Å². The second-order valence-corrected chi connectivity index (χ2v) is 5.73. The smallest absolute Gasteiger partial charge is 0.242 e. The zero-order valence-electron chi connectivity index (χ0n) is 12.3. The molecule has 1 saturated heterocycles. The third-order valence-corrected chi connectivity index (χ3v) is 4.41. The first-order valence-electron chi connectivity index (χ1n) is 6.93. The summed E-state index contributed by atoms with van der Waals surface area (Å²) in [7, 11) is 1.70. The van der Waals surface area contributed by atoms with Gasteiger partial charge in [-0.2, -0.15) is 0 Å². The van der Waals surface area contributed by atoms with Crippen LogP contribution in [0.2, 0.25) is 5.02 Å². The molecule has 1 amide bonds. The number of likely N-dealkylation sites (N-methyl/N-ethyl adjacent to an activating group) is 1. The van der Waals surface area contributed by atoms with Gasteiger partial charge in [0.15, 0.2) is 0 Å². The van der Waals surface area contributed by atoms with E-state index in [4.69, 9.17) is 11.6 Å². The molecular formula is C15H21Cl2FN2O.